The van der Waals surface area contributed by atoms with Crippen LogP contribution in [0.1, 0.15) is 38.2 Å². The molecule has 1 unspecified atom stereocenters. The number of hydrogen-bond donors (Lipinski definition) is 1. The van der Waals surface area contributed by atoms with E-state index in [9.17, 15) is 0 Å². The van der Waals surface area contributed by atoms with Crippen LogP contribution in [0.5, 0.6) is 0 Å². The van der Waals surface area contributed by atoms with Gasteiger partial charge in [-0.05, 0) is 42.7 Å². The predicted octanol–water partition coefficient (Wildman–Crippen LogP) is 2.74. The Morgan fingerprint density at radius 2 is 2.40 bits per heavy atom. The van der Waals surface area contributed by atoms with Crippen LogP contribution in [0.2, 0.25) is 0 Å². The third kappa shape index (κ3) is 2.01. The topological polar surface area (TPSA) is 45.5 Å². The first kappa shape index (κ1) is 10.1. The van der Waals surface area contributed by atoms with Crippen LogP contribution in [-0.2, 0) is 5.41 Å². The van der Waals surface area contributed by atoms with Crippen LogP contribution in [0, 0.1) is 0 Å². The predicted molar refractivity (Wildman–Crippen MR) is 59.3 cm³/mol. The molecule has 0 saturated heterocycles. The van der Waals surface area contributed by atoms with E-state index in [1.54, 1.807) is 6.20 Å². The smallest absolute Gasteiger partial charge is 0.0579 e. The van der Waals surface area contributed by atoms with E-state index in [-0.39, 0.29) is 5.41 Å². The Morgan fingerprint density at radius 3 is 3.07 bits per heavy atom. The summed E-state index contributed by atoms with van der Waals surface area (Å²) in [5.74, 6) is 0. The van der Waals surface area contributed by atoms with Gasteiger partial charge in [0, 0.05) is 12.4 Å². The maximum Gasteiger partial charge on any atom is 0.0579 e. The fourth-order valence-corrected chi connectivity index (χ4v) is 2.36. The summed E-state index contributed by atoms with van der Waals surface area (Å²) in [5, 5.41) is 12.2. The summed E-state index contributed by atoms with van der Waals surface area (Å²) in [6.45, 7) is 2.22. The van der Waals surface area contributed by atoms with E-state index in [1.165, 1.54) is 5.56 Å². The Morgan fingerprint density at radius 1 is 1.53 bits per heavy atom. The van der Waals surface area contributed by atoms with Crippen molar-refractivity contribution in [2.24, 2.45) is 5.16 Å². The van der Waals surface area contributed by atoms with Gasteiger partial charge in [0.15, 0.2) is 0 Å². The molecule has 1 aliphatic carbocycles. The lowest BCUT2D eigenvalue weighted by molar-refractivity contribution is 0.306. The molecule has 1 aromatic rings. The van der Waals surface area contributed by atoms with Crippen molar-refractivity contribution in [3.63, 3.8) is 0 Å². The van der Waals surface area contributed by atoms with Gasteiger partial charge in [-0.15, -0.1) is 0 Å². The van der Waals surface area contributed by atoms with E-state index in [2.05, 4.69) is 23.1 Å². The summed E-state index contributed by atoms with van der Waals surface area (Å²) >= 11 is 0. The van der Waals surface area contributed by atoms with Crippen molar-refractivity contribution in [1.29, 1.82) is 0 Å². The average molecular weight is 204 g/mol. The van der Waals surface area contributed by atoms with Gasteiger partial charge in [-0.3, -0.25) is 4.98 Å². The van der Waals surface area contributed by atoms with Crippen molar-refractivity contribution in [3.05, 3.63) is 30.1 Å². The minimum Gasteiger partial charge on any atom is -0.411 e. The third-order valence-corrected chi connectivity index (χ3v) is 3.29. The van der Waals surface area contributed by atoms with Gasteiger partial charge in [0.25, 0.3) is 0 Å². The molecular formula is C12H16N2O. The van der Waals surface area contributed by atoms with E-state index >= 15 is 0 Å². The summed E-state index contributed by atoms with van der Waals surface area (Å²) in [5.41, 5.74) is 2.24. The van der Waals surface area contributed by atoms with Gasteiger partial charge in [0.05, 0.1) is 5.71 Å². The van der Waals surface area contributed by atoms with Crippen LogP contribution in [0.4, 0.5) is 0 Å². The van der Waals surface area contributed by atoms with Crippen molar-refractivity contribution in [2.45, 2.75) is 38.0 Å². The molecule has 15 heavy (non-hydrogen) atoms. The first-order valence-electron chi connectivity index (χ1n) is 5.35. The molecule has 1 heterocycles. The Hall–Kier alpha value is -1.38. The number of rotatable bonds is 1. The number of nitrogens with zero attached hydrogens (tertiary/aromatic N) is 2. The zero-order chi connectivity index (χ0) is 10.7. The first-order chi connectivity index (χ1) is 7.24. The Labute approximate surface area is 89.8 Å². The molecule has 1 saturated carbocycles. The van der Waals surface area contributed by atoms with E-state index in [4.69, 9.17) is 5.21 Å². The Kier molecular flexibility index (Phi) is 2.71. The fraction of sp³-hybridized carbons (Fsp3) is 0.500. The molecule has 3 heteroatoms. The standard InChI is InChI=1S/C12H16N2O/c1-12(10-4-3-7-13-9-10)6-2-5-11(8-12)14-15/h3-4,7,9,15H,2,5-6,8H2,1H3. The highest BCUT2D eigenvalue weighted by Crippen LogP contribution is 2.37. The van der Waals surface area contributed by atoms with Crippen LogP contribution < -0.4 is 0 Å². The van der Waals surface area contributed by atoms with Crippen LogP contribution in [-0.4, -0.2) is 15.9 Å². The van der Waals surface area contributed by atoms with E-state index in [0.29, 0.717) is 0 Å². The lowest BCUT2D eigenvalue weighted by Crippen LogP contribution is -2.30. The Balaban J connectivity index is 2.27. The summed E-state index contributed by atoms with van der Waals surface area (Å²) in [7, 11) is 0. The molecule has 1 N–H and O–H groups in total. The number of hydrogen-bond acceptors (Lipinski definition) is 3. The monoisotopic (exact) mass is 204 g/mol. The third-order valence-electron chi connectivity index (χ3n) is 3.29. The maximum atomic E-state index is 8.84. The molecule has 1 atom stereocenters. The van der Waals surface area contributed by atoms with Gasteiger partial charge in [0.2, 0.25) is 0 Å². The first-order valence-corrected chi connectivity index (χ1v) is 5.35. The number of aromatic nitrogens is 1. The lowest BCUT2D eigenvalue weighted by Gasteiger charge is -2.34. The highest BCUT2D eigenvalue weighted by molar-refractivity contribution is 5.86. The average Bonchev–Trinajstić information content (AvgIpc) is 2.30. The largest absolute Gasteiger partial charge is 0.411 e. The normalized spacial score (nSPS) is 29.3. The van der Waals surface area contributed by atoms with Crippen molar-refractivity contribution in [3.8, 4) is 0 Å². The molecule has 1 aliphatic rings. The fourth-order valence-electron chi connectivity index (χ4n) is 2.36. The SMILES string of the molecule is CC1(c2cccnc2)CCCC(=NO)C1. The minimum absolute atomic E-state index is 0.0913. The van der Waals surface area contributed by atoms with Gasteiger partial charge in [-0.25, -0.2) is 0 Å². The maximum absolute atomic E-state index is 8.84. The van der Waals surface area contributed by atoms with E-state index in [1.807, 2.05) is 12.3 Å². The van der Waals surface area contributed by atoms with E-state index in [0.717, 1.165) is 31.4 Å². The lowest BCUT2D eigenvalue weighted by atomic mass is 9.71. The second-order valence-corrected chi connectivity index (χ2v) is 4.50. The molecule has 1 aromatic heterocycles. The van der Waals surface area contributed by atoms with Crippen LogP contribution in [0.3, 0.4) is 0 Å². The van der Waals surface area contributed by atoms with E-state index < -0.39 is 0 Å². The van der Waals surface area contributed by atoms with Crippen LogP contribution >= 0.6 is 0 Å². The van der Waals surface area contributed by atoms with Gasteiger partial charge in [0.1, 0.15) is 0 Å². The van der Waals surface area contributed by atoms with Crippen molar-refractivity contribution >= 4 is 5.71 Å². The second-order valence-electron chi connectivity index (χ2n) is 4.50. The zero-order valence-corrected chi connectivity index (χ0v) is 8.98. The van der Waals surface area contributed by atoms with Crippen molar-refractivity contribution < 1.29 is 5.21 Å². The molecule has 0 aromatic carbocycles. The quantitative estimate of drug-likeness (QED) is 0.564. The second kappa shape index (κ2) is 4.01. The molecule has 0 bridgehead atoms. The van der Waals surface area contributed by atoms with Crippen molar-refractivity contribution in [1.82, 2.24) is 4.98 Å². The van der Waals surface area contributed by atoms with Gasteiger partial charge >= 0.3 is 0 Å². The minimum atomic E-state index is 0.0913. The molecule has 1 fully saturated rings. The molecule has 80 valence electrons. The molecule has 0 spiro atoms. The summed E-state index contributed by atoms with van der Waals surface area (Å²) in [6, 6.07) is 4.07. The molecule has 0 radical (unpaired) electrons. The van der Waals surface area contributed by atoms with Crippen LogP contribution in [0.25, 0.3) is 0 Å². The molecule has 0 amide bonds. The van der Waals surface area contributed by atoms with Gasteiger partial charge in [-0.1, -0.05) is 18.1 Å². The molecular weight excluding hydrogens is 188 g/mol. The zero-order valence-electron chi connectivity index (χ0n) is 8.98. The molecule has 2 rings (SSSR count). The summed E-state index contributed by atoms with van der Waals surface area (Å²) in [4.78, 5) is 4.15. The summed E-state index contributed by atoms with van der Waals surface area (Å²) < 4.78 is 0. The highest BCUT2D eigenvalue weighted by Gasteiger charge is 2.32. The molecule has 0 aliphatic heterocycles. The highest BCUT2D eigenvalue weighted by atomic mass is 16.4. The number of oxime groups is 1. The van der Waals surface area contributed by atoms with Gasteiger partial charge < -0.3 is 5.21 Å². The molecule has 3 nitrogen and oxygen atoms in total. The number of pyridine rings is 1. The van der Waals surface area contributed by atoms with Crippen LogP contribution in [0.15, 0.2) is 29.7 Å². The Bertz CT molecular complexity index is 361. The summed E-state index contributed by atoms with van der Waals surface area (Å²) in [6.07, 6.45) is 7.70. The van der Waals surface area contributed by atoms with Crippen molar-refractivity contribution in [2.75, 3.05) is 0 Å². The van der Waals surface area contributed by atoms with Gasteiger partial charge in [-0.2, -0.15) is 0 Å².